The van der Waals surface area contributed by atoms with E-state index in [9.17, 15) is 4.79 Å². The number of aromatic nitrogens is 1. The lowest BCUT2D eigenvalue weighted by Gasteiger charge is -2.07. The normalized spacial score (nSPS) is 10.3. The van der Waals surface area contributed by atoms with Crippen LogP contribution in [0.2, 0.25) is 0 Å². The lowest BCUT2D eigenvalue weighted by Crippen LogP contribution is -2.21. The minimum absolute atomic E-state index is 0.0164. The van der Waals surface area contributed by atoms with E-state index in [1.807, 2.05) is 31.2 Å². The minimum atomic E-state index is -0.0164. The van der Waals surface area contributed by atoms with Gasteiger partial charge in [0.05, 0.1) is 5.69 Å². The molecule has 1 aromatic carbocycles. The summed E-state index contributed by atoms with van der Waals surface area (Å²) in [5.74, 6) is -0.0164. The molecule has 100 valence electrons. The van der Waals surface area contributed by atoms with Gasteiger partial charge in [-0.1, -0.05) is 33.3 Å². The molecule has 0 unspecified atom stereocenters. The van der Waals surface area contributed by atoms with Gasteiger partial charge in [-0.25, -0.2) is 4.98 Å². The number of carbonyl (C=O) groups is 1. The van der Waals surface area contributed by atoms with Crippen molar-refractivity contribution in [2.75, 3.05) is 19.4 Å². The molecular formula is C13H14BrN3OS. The molecular weight excluding hydrogens is 326 g/mol. The van der Waals surface area contributed by atoms with Gasteiger partial charge in [-0.3, -0.25) is 4.79 Å². The molecule has 2 aromatic rings. The molecule has 0 aliphatic carbocycles. The van der Waals surface area contributed by atoms with Crippen LogP contribution in [-0.2, 0) is 0 Å². The summed E-state index contributed by atoms with van der Waals surface area (Å²) in [7, 11) is 3.48. The first kappa shape index (κ1) is 14.0. The molecule has 19 heavy (non-hydrogen) atoms. The SMILES string of the molecule is Cc1nc(Nc2cccc(Br)c2)sc1C(=O)N(C)C. The highest BCUT2D eigenvalue weighted by atomic mass is 79.9. The molecule has 0 atom stereocenters. The van der Waals surface area contributed by atoms with E-state index >= 15 is 0 Å². The summed E-state index contributed by atoms with van der Waals surface area (Å²) in [5, 5.41) is 3.93. The van der Waals surface area contributed by atoms with Crippen LogP contribution in [0.5, 0.6) is 0 Å². The molecule has 1 amide bonds. The van der Waals surface area contributed by atoms with Crippen molar-refractivity contribution in [3.05, 3.63) is 39.3 Å². The summed E-state index contributed by atoms with van der Waals surface area (Å²) in [6, 6.07) is 7.82. The Morgan fingerprint density at radius 2 is 2.16 bits per heavy atom. The molecule has 1 heterocycles. The van der Waals surface area contributed by atoms with E-state index in [1.165, 1.54) is 11.3 Å². The molecule has 0 radical (unpaired) electrons. The fraction of sp³-hybridized carbons (Fsp3) is 0.231. The van der Waals surface area contributed by atoms with Gasteiger partial charge in [0.2, 0.25) is 0 Å². The first-order valence-electron chi connectivity index (χ1n) is 5.69. The summed E-state index contributed by atoms with van der Waals surface area (Å²) in [4.78, 5) is 18.6. The molecule has 0 aliphatic rings. The number of carbonyl (C=O) groups excluding carboxylic acids is 1. The third-order valence-corrected chi connectivity index (χ3v) is 4.03. The van der Waals surface area contributed by atoms with Gasteiger partial charge in [-0.2, -0.15) is 0 Å². The van der Waals surface area contributed by atoms with Crippen LogP contribution in [0.25, 0.3) is 0 Å². The van der Waals surface area contributed by atoms with Crippen molar-refractivity contribution in [1.29, 1.82) is 0 Å². The van der Waals surface area contributed by atoms with Crippen molar-refractivity contribution >= 4 is 44.0 Å². The van der Waals surface area contributed by atoms with Crippen LogP contribution in [0.4, 0.5) is 10.8 Å². The number of aryl methyl sites for hydroxylation is 1. The maximum Gasteiger partial charge on any atom is 0.265 e. The molecule has 1 aromatic heterocycles. The van der Waals surface area contributed by atoms with Gasteiger partial charge in [0.1, 0.15) is 4.88 Å². The predicted molar refractivity (Wildman–Crippen MR) is 82.3 cm³/mol. The quantitative estimate of drug-likeness (QED) is 0.927. The Balaban J connectivity index is 2.23. The molecule has 0 saturated carbocycles. The second-order valence-electron chi connectivity index (χ2n) is 4.27. The van der Waals surface area contributed by atoms with E-state index in [1.54, 1.807) is 19.0 Å². The maximum absolute atomic E-state index is 11.9. The smallest absolute Gasteiger partial charge is 0.265 e. The Morgan fingerprint density at radius 1 is 1.42 bits per heavy atom. The zero-order valence-electron chi connectivity index (χ0n) is 10.9. The van der Waals surface area contributed by atoms with Crippen LogP contribution in [0.1, 0.15) is 15.4 Å². The first-order chi connectivity index (χ1) is 8.97. The lowest BCUT2D eigenvalue weighted by molar-refractivity contribution is 0.0831. The molecule has 0 spiro atoms. The molecule has 0 fully saturated rings. The van der Waals surface area contributed by atoms with Gasteiger partial charge in [0.15, 0.2) is 5.13 Å². The van der Waals surface area contributed by atoms with Gasteiger partial charge in [-0.15, -0.1) is 0 Å². The number of thiazole rings is 1. The van der Waals surface area contributed by atoms with Crippen LogP contribution in [0.3, 0.4) is 0 Å². The number of hydrogen-bond acceptors (Lipinski definition) is 4. The Labute approximate surface area is 124 Å². The molecule has 0 bridgehead atoms. The van der Waals surface area contributed by atoms with Crippen LogP contribution in [0.15, 0.2) is 28.7 Å². The number of hydrogen-bond donors (Lipinski definition) is 1. The van der Waals surface area contributed by atoms with Gasteiger partial charge < -0.3 is 10.2 Å². The van der Waals surface area contributed by atoms with Crippen LogP contribution < -0.4 is 5.32 Å². The molecule has 4 nitrogen and oxygen atoms in total. The lowest BCUT2D eigenvalue weighted by atomic mass is 10.3. The van der Waals surface area contributed by atoms with E-state index in [0.29, 0.717) is 4.88 Å². The minimum Gasteiger partial charge on any atom is -0.344 e. The second-order valence-corrected chi connectivity index (χ2v) is 6.18. The van der Waals surface area contributed by atoms with Crippen molar-refractivity contribution in [3.63, 3.8) is 0 Å². The monoisotopic (exact) mass is 339 g/mol. The number of rotatable bonds is 3. The number of benzene rings is 1. The third-order valence-electron chi connectivity index (χ3n) is 2.47. The maximum atomic E-state index is 11.9. The summed E-state index contributed by atoms with van der Waals surface area (Å²) in [6.07, 6.45) is 0. The molecule has 1 N–H and O–H groups in total. The number of anilines is 2. The topological polar surface area (TPSA) is 45.2 Å². The zero-order chi connectivity index (χ0) is 14.0. The van der Waals surface area contributed by atoms with Gasteiger partial charge >= 0.3 is 0 Å². The van der Waals surface area contributed by atoms with E-state index in [-0.39, 0.29) is 5.91 Å². The van der Waals surface area contributed by atoms with Crippen molar-refractivity contribution in [1.82, 2.24) is 9.88 Å². The third kappa shape index (κ3) is 3.33. The molecule has 6 heteroatoms. The van der Waals surface area contributed by atoms with Gasteiger partial charge in [0, 0.05) is 24.3 Å². The van der Waals surface area contributed by atoms with Gasteiger partial charge in [-0.05, 0) is 25.1 Å². The Morgan fingerprint density at radius 3 is 2.79 bits per heavy atom. The summed E-state index contributed by atoms with van der Waals surface area (Å²) in [5.41, 5.74) is 1.69. The summed E-state index contributed by atoms with van der Waals surface area (Å²) < 4.78 is 0.996. The predicted octanol–water partition coefficient (Wildman–Crippen LogP) is 3.66. The summed E-state index contributed by atoms with van der Waals surface area (Å²) >= 11 is 4.79. The number of amides is 1. The van der Waals surface area contributed by atoms with E-state index < -0.39 is 0 Å². The highest BCUT2D eigenvalue weighted by Crippen LogP contribution is 2.27. The average Bonchev–Trinajstić information content (AvgIpc) is 2.69. The van der Waals surface area contributed by atoms with Crippen LogP contribution in [-0.4, -0.2) is 29.9 Å². The fourth-order valence-corrected chi connectivity index (χ4v) is 2.95. The Bertz CT molecular complexity index is 610. The first-order valence-corrected chi connectivity index (χ1v) is 7.30. The highest BCUT2D eigenvalue weighted by molar-refractivity contribution is 9.10. The number of halogens is 1. The molecule has 0 saturated heterocycles. The largest absolute Gasteiger partial charge is 0.344 e. The Kier molecular flexibility index (Phi) is 4.21. The molecule has 2 rings (SSSR count). The zero-order valence-corrected chi connectivity index (χ0v) is 13.3. The van der Waals surface area contributed by atoms with Crippen LogP contribution >= 0.6 is 27.3 Å². The Hall–Kier alpha value is -1.40. The highest BCUT2D eigenvalue weighted by Gasteiger charge is 2.16. The van der Waals surface area contributed by atoms with E-state index in [2.05, 4.69) is 26.2 Å². The second kappa shape index (κ2) is 5.71. The molecule has 0 aliphatic heterocycles. The van der Waals surface area contributed by atoms with Crippen LogP contribution in [0, 0.1) is 6.92 Å². The summed E-state index contributed by atoms with van der Waals surface area (Å²) in [6.45, 7) is 1.85. The van der Waals surface area contributed by atoms with Crippen molar-refractivity contribution < 1.29 is 4.79 Å². The average molecular weight is 340 g/mol. The fourth-order valence-electron chi connectivity index (χ4n) is 1.54. The van der Waals surface area contributed by atoms with E-state index in [4.69, 9.17) is 0 Å². The number of nitrogens with zero attached hydrogens (tertiary/aromatic N) is 2. The number of nitrogens with one attached hydrogen (secondary N) is 1. The van der Waals surface area contributed by atoms with Crippen molar-refractivity contribution in [2.45, 2.75) is 6.92 Å². The van der Waals surface area contributed by atoms with Crippen molar-refractivity contribution in [3.8, 4) is 0 Å². The van der Waals surface area contributed by atoms with E-state index in [0.717, 1.165) is 21.0 Å². The standard InChI is InChI=1S/C13H14BrN3OS/c1-8-11(12(18)17(2)3)19-13(15-8)16-10-6-4-5-9(14)7-10/h4-7H,1-3H3,(H,15,16). The van der Waals surface area contributed by atoms with Crippen molar-refractivity contribution in [2.24, 2.45) is 0 Å². The van der Waals surface area contributed by atoms with Gasteiger partial charge in [0.25, 0.3) is 5.91 Å².